The van der Waals surface area contributed by atoms with Gasteiger partial charge in [0.2, 0.25) is 5.91 Å². The Labute approximate surface area is 180 Å². The SMILES string of the molecule is O=C(Nc1ccc(F)cc1)c1cccn(CC(=O)N2CCN(C3CCCC3)CC2)c1=O. The largest absolute Gasteiger partial charge is 0.339 e. The molecule has 0 atom stereocenters. The molecular formula is C23H27FN4O3. The van der Waals surface area contributed by atoms with E-state index < -0.39 is 17.3 Å². The monoisotopic (exact) mass is 426 g/mol. The van der Waals surface area contributed by atoms with Crippen LogP contribution in [0.4, 0.5) is 10.1 Å². The van der Waals surface area contributed by atoms with Crippen LogP contribution in [0, 0.1) is 5.82 Å². The summed E-state index contributed by atoms with van der Waals surface area (Å²) in [6, 6.07) is 8.94. The predicted molar refractivity (Wildman–Crippen MR) is 115 cm³/mol. The van der Waals surface area contributed by atoms with Crippen molar-refractivity contribution in [1.29, 1.82) is 0 Å². The summed E-state index contributed by atoms with van der Waals surface area (Å²) >= 11 is 0. The van der Waals surface area contributed by atoms with Crippen LogP contribution in [-0.2, 0) is 11.3 Å². The van der Waals surface area contributed by atoms with E-state index in [2.05, 4.69) is 10.2 Å². The molecule has 8 heteroatoms. The molecule has 1 N–H and O–H groups in total. The number of piperazine rings is 1. The lowest BCUT2D eigenvalue weighted by Crippen LogP contribution is -2.52. The number of nitrogens with zero attached hydrogens (tertiary/aromatic N) is 3. The second-order valence-corrected chi connectivity index (χ2v) is 8.17. The lowest BCUT2D eigenvalue weighted by Gasteiger charge is -2.38. The normalized spacial score (nSPS) is 17.6. The quantitative estimate of drug-likeness (QED) is 0.796. The van der Waals surface area contributed by atoms with Gasteiger partial charge in [0, 0.05) is 44.1 Å². The first-order chi connectivity index (χ1) is 15.0. The maximum atomic E-state index is 13.0. The lowest BCUT2D eigenvalue weighted by atomic mass is 10.2. The molecule has 1 aliphatic heterocycles. The minimum absolute atomic E-state index is 0.0642. The van der Waals surface area contributed by atoms with Crippen molar-refractivity contribution in [2.45, 2.75) is 38.3 Å². The lowest BCUT2D eigenvalue weighted by molar-refractivity contribution is -0.134. The van der Waals surface area contributed by atoms with E-state index in [1.165, 1.54) is 66.8 Å². The third-order valence-corrected chi connectivity index (χ3v) is 6.18. The summed E-state index contributed by atoms with van der Waals surface area (Å²) in [4.78, 5) is 42.3. The van der Waals surface area contributed by atoms with Gasteiger partial charge >= 0.3 is 0 Å². The number of pyridine rings is 1. The van der Waals surface area contributed by atoms with Crippen molar-refractivity contribution in [3.05, 3.63) is 64.3 Å². The summed E-state index contributed by atoms with van der Waals surface area (Å²) in [5.41, 5.74) is -0.205. The van der Waals surface area contributed by atoms with Crippen molar-refractivity contribution < 1.29 is 14.0 Å². The topological polar surface area (TPSA) is 74.7 Å². The maximum absolute atomic E-state index is 13.0. The third kappa shape index (κ3) is 5.02. The van der Waals surface area contributed by atoms with Crippen LogP contribution in [0.15, 0.2) is 47.4 Å². The standard InChI is InChI=1S/C23H27FN4O3/c24-17-7-9-18(10-8-17)25-22(30)20-6-3-11-28(23(20)31)16-21(29)27-14-12-26(13-15-27)19-4-1-2-5-19/h3,6-11,19H,1-2,4-5,12-16H2,(H,25,30). The van der Waals surface area contributed by atoms with Crippen LogP contribution in [0.2, 0.25) is 0 Å². The number of carbonyl (C=O) groups is 2. The second kappa shape index (κ2) is 9.43. The molecule has 2 aromatic rings. The van der Waals surface area contributed by atoms with Crippen LogP contribution in [-0.4, -0.2) is 58.4 Å². The van der Waals surface area contributed by atoms with Gasteiger partial charge in [0.05, 0.1) is 0 Å². The fourth-order valence-electron chi connectivity index (χ4n) is 4.42. The summed E-state index contributed by atoms with van der Waals surface area (Å²) in [5, 5.41) is 2.58. The van der Waals surface area contributed by atoms with Crippen molar-refractivity contribution in [1.82, 2.24) is 14.4 Å². The molecule has 0 spiro atoms. The average Bonchev–Trinajstić information content (AvgIpc) is 3.32. The van der Waals surface area contributed by atoms with Crippen LogP contribution in [0.1, 0.15) is 36.0 Å². The van der Waals surface area contributed by atoms with Gasteiger partial charge in [0.1, 0.15) is 17.9 Å². The number of halogens is 1. The van der Waals surface area contributed by atoms with Gasteiger partial charge in [-0.1, -0.05) is 12.8 Å². The number of anilines is 1. The van der Waals surface area contributed by atoms with Crippen molar-refractivity contribution in [3.63, 3.8) is 0 Å². The summed E-state index contributed by atoms with van der Waals surface area (Å²) in [7, 11) is 0. The summed E-state index contributed by atoms with van der Waals surface area (Å²) in [6.45, 7) is 2.96. The van der Waals surface area contributed by atoms with Crippen LogP contribution >= 0.6 is 0 Å². The van der Waals surface area contributed by atoms with E-state index >= 15 is 0 Å². The highest BCUT2D eigenvalue weighted by Gasteiger charge is 2.28. The predicted octanol–water partition coefficient (Wildman–Crippen LogP) is 2.33. The molecule has 1 saturated heterocycles. The molecule has 1 aromatic carbocycles. The Kier molecular flexibility index (Phi) is 6.46. The maximum Gasteiger partial charge on any atom is 0.263 e. The Morgan fingerprint density at radius 3 is 2.35 bits per heavy atom. The first-order valence-corrected chi connectivity index (χ1v) is 10.8. The highest BCUT2D eigenvalue weighted by atomic mass is 19.1. The number of carbonyl (C=O) groups excluding carboxylic acids is 2. The molecule has 2 heterocycles. The van der Waals surface area contributed by atoms with E-state index in [4.69, 9.17) is 0 Å². The first kappa shape index (κ1) is 21.2. The molecule has 7 nitrogen and oxygen atoms in total. The molecule has 0 radical (unpaired) electrons. The van der Waals surface area contributed by atoms with Gasteiger partial charge in [-0.05, 0) is 49.2 Å². The van der Waals surface area contributed by atoms with Gasteiger partial charge in [-0.2, -0.15) is 0 Å². The van der Waals surface area contributed by atoms with Gasteiger partial charge in [-0.25, -0.2) is 4.39 Å². The van der Waals surface area contributed by atoms with Crippen molar-refractivity contribution in [2.75, 3.05) is 31.5 Å². The van der Waals surface area contributed by atoms with Gasteiger partial charge in [-0.3, -0.25) is 19.3 Å². The van der Waals surface area contributed by atoms with Crippen LogP contribution in [0.5, 0.6) is 0 Å². The zero-order valence-electron chi connectivity index (χ0n) is 17.4. The number of hydrogen-bond acceptors (Lipinski definition) is 4. The number of aromatic nitrogens is 1. The third-order valence-electron chi connectivity index (χ3n) is 6.18. The number of amides is 2. The highest BCUT2D eigenvalue weighted by molar-refractivity contribution is 6.04. The molecule has 1 saturated carbocycles. The minimum atomic E-state index is -0.594. The fourth-order valence-corrected chi connectivity index (χ4v) is 4.42. The van der Waals surface area contributed by atoms with E-state index in [-0.39, 0.29) is 18.0 Å². The molecule has 0 unspecified atom stereocenters. The summed E-state index contributed by atoms with van der Waals surface area (Å²) in [6.07, 6.45) is 6.59. The number of nitrogens with one attached hydrogen (secondary N) is 1. The van der Waals surface area contributed by atoms with Crippen molar-refractivity contribution in [3.8, 4) is 0 Å². The number of benzene rings is 1. The van der Waals surface area contributed by atoms with Gasteiger partial charge in [0.25, 0.3) is 11.5 Å². The number of rotatable bonds is 5. The average molecular weight is 426 g/mol. The Balaban J connectivity index is 1.37. The van der Waals surface area contributed by atoms with E-state index in [0.717, 1.165) is 13.1 Å². The molecular weight excluding hydrogens is 399 g/mol. The first-order valence-electron chi connectivity index (χ1n) is 10.8. The van der Waals surface area contributed by atoms with E-state index in [9.17, 15) is 18.8 Å². The van der Waals surface area contributed by atoms with Gasteiger partial charge < -0.3 is 14.8 Å². The zero-order chi connectivity index (χ0) is 21.8. The fraction of sp³-hybridized carbons (Fsp3) is 0.435. The van der Waals surface area contributed by atoms with Crippen LogP contribution < -0.4 is 10.9 Å². The highest BCUT2D eigenvalue weighted by Crippen LogP contribution is 2.24. The van der Waals surface area contributed by atoms with E-state index in [1.54, 1.807) is 11.0 Å². The molecule has 2 fully saturated rings. The van der Waals surface area contributed by atoms with E-state index in [0.29, 0.717) is 24.8 Å². The zero-order valence-corrected chi connectivity index (χ0v) is 17.4. The Bertz CT molecular complexity index is 991. The van der Waals surface area contributed by atoms with E-state index in [1.807, 2.05) is 0 Å². The van der Waals surface area contributed by atoms with Crippen molar-refractivity contribution >= 4 is 17.5 Å². The molecule has 0 bridgehead atoms. The van der Waals surface area contributed by atoms with Crippen LogP contribution in [0.3, 0.4) is 0 Å². The Morgan fingerprint density at radius 1 is 1.00 bits per heavy atom. The summed E-state index contributed by atoms with van der Waals surface area (Å²) in [5.74, 6) is -1.13. The second-order valence-electron chi connectivity index (χ2n) is 8.17. The molecule has 2 amide bonds. The minimum Gasteiger partial charge on any atom is -0.339 e. The molecule has 2 aliphatic rings. The van der Waals surface area contributed by atoms with Gasteiger partial charge in [0.15, 0.2) is 0 Å². The molecule has 4 rings (SSSR count). The smallest absolute Gasteiger partial charge is 0.263 e. The number of hydrogen-bond donors (Lipinski definition) is 1. The molecule has 1 aromatic heterocycles. The Hall–Kier alpha value is -3.00. The molecule has 164 valence electrons. The molecule has 31 heavy (non-hydrogen) atoms. The molecule has 1 aliphatic carbocycles. The summed E-state index contributed by atoms with van der Waals surface area (Å²) < 4.78 is 14.3. The van der Waals surface area contributed by atoms with Crippen molar-refractivity contribution in [2.24, 2.45) is 0 Å². The van der Waals surface area contributed by atoms with Crippen LogP contribution in [0.25, 0.3) is 0 Å². The van der Waals surface area contributed by atoms with Gasteiger partial charge in [-0.15, -0.1) is 0 Å². The Morgan fingerprint density at radius 2 is 1.68 bits per heavy atom.